The average Bonchev–Trinajstić information content (AvgIpc) is 2.34. The molecule has 1 fully saturated rings. The van der Waals surface area contributed by atoms with Crippen molar-refractivity contribution in [2.75, 3.05) is 16.8 Å². The van der Waals surface area contributed by atoms with Crippen molar-refractivity contribution in [2.24, 2.45) is 0 Å². The molecule has 104 valence electrons. The van der Waals surface area contributed by atoms with Crippen molar-refractivity contribution in [3.05, 3.63) is 29.3 Å². The van der Waals surface area contributed by atoms with Crippen LogP contribution in [0.5, 0.6) is 0 Å². The highest BCUT2D eigenvalue weighted by atomic mass is 32.2. The van der Waals surface area contributed by atoms with Gasteiger partial charge in [0.05, 0.1) is 17.1 Å². The highest BCUT2D eigenvalue weighted by molar-refractivity contribution is 7.91. The number of carboxylic acid groups (broad SMARTS) is 1. The van der Waals surface area contributed by atoms with Gasteiger partial charge in [-0.1, -0.05) is 6.07 Å². The van der Waals surface area contributed by atoms with E-state index in [2.05, 4.69) is 5.32 Å². The van der Waals surface area contributed by atoms with Crippen LogP contribution < -0.4 is 5.32 Å². The second-order valence-electron chi connectivity index (χ2n) is 4.91. The Labute approximate surface area is 112 Å². The van der Waals surface area contributed by atoms with Crippen LogP contribution in [0.15, 0.2) is 18.2 Å². The average molecular weight is 283 g/mol. The zero-order valence-electron chi connectivity index (χ0n) is 10.7. The molecule has 1 heterocycles. The van der Waals surface area contributed by atoms with E-state index in [1.54, 1.807) is 18.2 Å². The number of aromatic carboxylic acids is 1. The molecule has 0 saturated carbocycles. The Balaban J connectivity index is 2.11. The molecule has 0 unspecified atom stereocenters. The lowest BCUT2D eigenvalue weighted by molar-refractivity contribution is 0.0697. The van der Waals surface area contributed by atoms with Gasteiger partial charge in [0, 0.05) is 11.7 Å². The highest BCUT2D eigenvalue weighted by Gasteiger charge is 2.23. The highest BCUT2D eigenvalue weighted by Crippen LogP contribution is 2.22. The number of hydrogen-bond acceptors (Lipinski definition) is 4. The molecule has 1 saturated heterocycles. The third kappa shape index (κ3) is 3.47. The number of nitrogens with one attached hydrogen (secondary N) is 1. The zero-order valence-corrected chi connectivity index (χ0v) is 11.5. The van der Waals surface area contributed by atoms with E-state index in [0.717, 1.165) is 11.3 Å². The van der Waals surface area contributed by atoms with Gasteiger partial charge in [-0.3, -0.25) is 0 Å². The SMILES string of the molecule is Cc1ccc(C(=O)O)cc1NC1CCS(=O)(=O)CC1. The summed E-state index contributed by atoms with van der Waals surface area (Å²) in [7, 11) is -2.87. The van der Waals surface area contributed by atoms with Gasteiger partial charge in [-0.15, -0.1) is 0 Å². The van der Waals surface area contributed by atoms with Gasteiger partial charge in [0.1, 0.15) is 9.84 Å². The second kappa shape index (κ2) is 5.21. The van der Waals surface area contributed by atoms with Crippen molar-refractivity contribution in [2.45, 2.75) is 25.8 Å². The van der Waals surface area contributed by atoms with Crippen molar-refractivity contribution in [3.8, 4) is 0 Å². The number of rotatable bonds is 3. The summed E-state index contributed by atoms with van der Waals surface area (Å²) in [5.74, 6) is -0.570. The molecule has 19 heavy (non-hydrogen) atoms. The smallest absolute Gasteiger partial charge is 0.335 e. The maximum absolute atomic E-state index is 11.4. The van der Waals surface area contributed by atoms with E-state index in [0.29, 0.717) is 12.8 Å². The Kier molecular flexibility index (Phi) is 3.80. The molecule has 0 aromatic heterocycles. The molecule has 0 aliphatic carbocycles. The van der Waals surface area contributed by atoms with E-state index in [4.69, 9.17) is 5.11 Å². The summed E-state index contributed by atoms with van der Waals surface area (Å²) in [4.78, 5) is 10.9. The first-order chi connectivity index (χ1) is 8.87. The number of hydrogen-bond donors (Lipinski definition) is 2. The molecule has 6 heteroatoms. The molecule has 1 aliphatic rings. The van der Waals surface area contributed by atoms with Gasteiger partial charge in [0.25, 0.3) is 0 Å². The summed E-state index contributed by atoms with van der Waals surface area (Å²) >= 11 is 0. The van der Waals surface area contributed by atoms with Crippen LogP contribution in [0.25, 0.3) is 0 Å². The first-order valence-corrected chi connectivity index (χ1v) is 8.00. The maximum atomic E-state index is 11.4. The van der Waals surface area contributed by atoms with Gasteiger partial charge in [-0.05, 0) is 37.5 Å². The molecule has 0 radical (unpaired) electrons. The predicted octanol–water partition coefficient (Wildman–Crippen LogP) is 1.68. The fourth-order valence-corrected chi connectivity index (χ4v) is 3.66. The van der Waals surface area contributed by atoms with Crippen LogP contribution in [0, 0.1) is 6.92 Å². The normalized spacial score (nSPS) is 19.0. The lowest BCUT2D eigenvalue weighted by Crippen LogP contribution is -2.32. The Morgan fingerprint density at radius 2 is 1.95 bits per heavy atom. The summed E-state index contributed by atoms with van der Waals surface area (Å²) in [5.41, 5.74) is 1.96. The lowest BCUT2D eigenvalue weighted by atomic mass is 10.1. The van der Waals surface area contributed by atoms with E-state index < -0.39 is 15.8 Å². The van der Waals surface area contributed by atoms with Crippen LogP contribution in [0.2, 0.25) is 0 Å². The molecule has 2 N–H and O–H groups in total. The number of carboxylic acids is 1. The minimum atomic E-state index is -2.87. The van der Waals surface area contributed by atoms with Gasteiger partial charge in [-0.25, -0.2) is 13.2 Å². The summed E-state index contributed by atoms with van der Waals surface area (Å²) in [6, 6.07) is 5.01. The third-order valence-electron chi connectivity index (χ3n) is 3.40. The molecule has 1 aromatic rings. The molecular formula is C13H17NO4S. The largest absolute Gasteiger partial charge is 0.478 e. The van der Waals surface area contributed by atoms with Crippen LogP contribution in [0.4, 0.5) is 5.69 Å². The van der Waals surface area contributed by atoms with Crippen LogP contribution >= 0.6 is 0 Å². The third-order valence-corrected chi connectivity index (χ3v) is 5.11. The zero-order chi connectivity index (χ0) is 14.0. The minimum Gasteiger partial charge on any atom is -0.478 e. The van der Waals surface area contributed by atoms with Crippen LogP contribution in [-0.4, -0.2) is 37.0 Å². The molecule has 5 nitrogen and oxygen atoms in total. The summed E-state index contributed by atoms with van der Waals surface area (Å²) in [5, 5.41) is 12.2. The first-order valence-electron chi connectivity index (χ1n) is 6.18. The number of carbonyl (C=O) groups is 1. The Morgan fingerprint density at radius 3 is 2.53 bits per heavy atom. The molecule has 2 rings (SSSR count). The van der Waals surface area contributed by atoms with Crippen molar-refractivity contribution in [3.63, 3.8) is 0 Å². The monoisotopic (exact) mass is 283 g/mol. The molecule has 0 bridgehead atoms. The van der Waals surface area contributed by atoms with Crippen LogP contribution in [-0.2, 0) is 9.84 Å². The predicted molar refractivity (Wildman–Crippen MR) is 73.4 cm³/mol. The van der Waals surface area contributed by atoms with E-state index in [9.17, 15) is 13.2 Å². The quantitative estimate of drug-likeness (QED) is 0.882. The lowest BCUT2D eigenvalue weighted by Gasteiger charge is -2.25. The number of anilines is 1. The number of sulfone groups is 1. The van der Waals surface area contributed by atoms with Gasteiger partial charge in [-0.2, -0.15) is 0 Å². The summed E-state index contributed by atoms with van der Waals surface area (Å²) in [6.45, 7) is 1.90. The molecule has 0 atom stereocenters. The van der Waals surface area contributed by atoms with Gasteiger partial charge in [0.15, 0.2) is 0 Å². The molecule has 0 spiro atoms. The van der Waals surface area contributed by atoms with E-state index in [1.165, 1.54) is 0 Å². The second-order valence-corrected chi connectivity index (χ2v) is 7.21. The molecule has 0 amide bonds. The van der Waals surface area contributed by atoms with E-state index in [-0.39, 0.29) is 23.1 Å². The summed E-state index contributed by atoms with van der Waals surface area (Å²) in [6.07, 6.45) is 1.14. The van der Waals surface area contributed by atoms with Crippen molar-refractivity contribution >= 4 is 21.5 Å². The molecular weight excluding hydrogens is 266 g/mol. The fraction of sp³-hybridized carbons (Fsp3) is 0.462. The Hall–Kier alpha value is -1.56. The molecule has 1 aromatic carbocycles. The van der Waals surface area contributed by atoms with E-state index in [1.807, 2.05) is 6.92 Å². The Morgan fingerprint density at radius 1 is 1.32 bits per heavy atom. The Bertz CT molecular complexity index is 581. The van der Waals surface area contributed by atoms with Crippen LogP contribution in [0.1, 0.15) is 28.8 Å². The van der Waals surface area contributed by atoms with Gasteiger partial charge >= 0.3 is 5.97 Å². The topological polar surface area (TPSA) is 83.5 Å². The van der Waals surface area contributed by atoms with Gasteiger partial charge in [0.2, 0.25) is 0 Å². The number of aryl methyl sites for hydroxylation is 1. The van der Waals surface area contributed by atoms with Crippen molar-refractivity contribution in [1.82, 2.24) is 0 Å². The van der Waals surface area contributed by atoms with Gasteiger partial charge < -0.3 is 10.4 Å². The summed E-state index contributed by atoms with van der Waals surface area (Å²) < 4.78 is 22.7. The number of benzene rings is 1. The van der Waals surface area contributed by atoms with E-state index >= 15 is 0 Å². The fourth-order valence-electron chi connectivity index (χ4n) is 2.16. The van der Waals surface area contributed by atoms with Crippen molar-refractivity contribution < 1.29 is 18.3 Å². The maximum Gasteiger partial charge on any atom is 0.335 e. The first kappa shape index (κ1) is 13.9. The van der Waals surface area contributed by atoms with Crippen molar-refractivity contribution in [1.29, 1.82) is 0 Å². The molecule has 1 aliphatic heterocycles. The standard InChI is InChI=1S/C13H17NO4S/c1-9-2-3-10(13(15)16)8-12(9)14-11-4-6-19(17,18)7-5-11/h2-3,8,11,14H,4-7H2,1H3,(H,15,16). The minimum absolute atomic E-state index is 0.0891. The van der Waals surface area contributed by atoms with Crippen LogP contribution in [0.3, 0.4) is 0 Å².